The molecule has 24 heavy (non-hydrogen) atoms. The lowest BCUT2D eigenvalue weighted by Crippen LogP contribution is -2.22. The molecule has 0 unspecified atom stereocenters. The zero-order valence-electron chi connectivity index (χ0n) is 13.3. The predicted octanol–water partition coefficient (Wildman–Crippen LogP) is 3.09. The van der Waals surface area contributed by atoms with E-state index in [4.69, 9.17) is 5.11 Å². The molecule has 0 aliphatic rings. The third kappa shape index (κ3) is 2.87. The van der Waals surface area contributed by atoms with E-state index in [0.29, 0.717) is 16.9 Å². The average molecular weight is 390 g/mol. The monoisotopic (exact) mass is 389 g/mol. The summed E-state index contributed by atoms with van der Waals surface area (Å²) >= 11 is 3.41. The van der Waals surface area contributed by atoms with Crippen molar-refractivity contribution >= 4 is 27.5 Å². The van der Waals surface area contributed by atoms with Crippen molar-refractivity contribution < 1.29 is 9.90 Å². The maximum atomic E-state index is 12.7. The van der Waals surface area contributed by atoms with Gasteiger partial charge in [0.15, 0.2) is 5.65 Å². The second-order valence-corrected chi connectivity index (χ2v) is 6.57. The standard InChI is InChI=1S/C17H16BrN3O3/c1-9-13(7-8-14(22)23)17(24)21-16(19-9)15(10(2)20-21)11-3-5-12(18)6-4-11/h3-6,20H,7-8H2,1-2H3,(H,22,23). The molecule has 6 nitrogen and oxygen atoms in total. The molecule has 124 valence electrons. The third-order valence-corrected chi connectivity index (χ3v) is 4.51. The largest absolute Gasteiger partial charge is 0.481 e. The van der Waals surface area contributed by atoms with Crippen molar-refractivity contribution in [2.24, 2.45) is 0 Å². The number of aryl methyl sites for hydroxylation is 2. The molecule has 7 heteroatoms. The summed E-state index contributed by atoms with van der Waals surface area (Å²) in [5.74, 6) is -0.933. The Labute approximate surface area is 146 Å². The van der Waals surface area contributed by atoms with Crippen LogP contribution >= 0.6 is 15.9 Å². The summed E-state index contributed by atoms with van der Waals surface area (Å²) in [5, 5.41) is 11.9. The molecule has 0 bridgehead atoms. The smallest absolute Gasteiger partial charge is 0.303 e. The summed E-state index contributed by atoms with van der Waals surface area (Å²) < 4.78 is 2.37. The summed E-state index contributed by atoms with van der Waals surface area (Å²) in [6, 6.07) is 7.79. The van der Waals surface area contributed by atoms with Gasteiger partial charge in [-0.2, -0.15) is 0 Å². The maximum Gasteiger partial charge on any atom is 0.303 e. The molecule has 0 amide bonds. The molecule has 0 atom stereocenters. The van der Waals surface area contributed by atoms with Crippen LogP contribution in [0.5, 0.6) is 0 Å². The third-order valence-electron chi connectivity index (χ3n) is 3.98. The zero-order valence-corrected chi connectivity index (χ0v) is 14.8. The van der Waals surface area contributed by atoms with Crippen LogP contribution in [0.15, 0.2) is 33.5 Å². The first-order chi connectivity index (χ1) is 11.4. The van der Waals surface area contributed by atoms with Crippen molar-refractivity contribution in [1.29, 1.82) is 0 Å². The first kappa shape index (κ1) is 16.4. The molecule has 1 aromatic carbocycles. The molecule has 2 N–H and O–H groups in total. The lowest BCUT2D eigenvalue weighted by Gasteiger charge is -2.05. The highest BCUT2D eigenvalue weighted by Crippen LogP contribution is 2.28. The summed E-state index contributed by atoms with van der Waals surface area (Å²) in [5.41, 5.74) is 3.96. The van der Waals surface area contributed by atoms with E-state index in [2.05, 4.69) is 26.0 Å². The molecular formula is C17H16BrN3O3. The van der Waals surface area contributed by atoms with Gasteiger partial charge in [-0.05, 0) is 38.0 Å². The molecule has 0 saturated carbocycles. The van der Waals surface area contributed by atoms with E-state index in [-0.39, 0.29) is 18.4 Å². The number of carboxylic acid groups (broad SMARTS) is 1. The van der Waals surface area contributed by atoms with Crippen LogP contribution in [0.3, 0.4) is 0 Å². The lowest BCUT2D eigenvalue weighted by molar-refractivity contribution is -0.136. The minimum absolute atomic E-state index is 0.0942. The second kappa shape index (κ2) is 6.24. The number of nitrogens with zero attached hydrogens (tertiary/aromatic N) is 2. The van der Waals surface area contributed by atoms with Gasteiger partial charge >= 0.3 is 5.97 Å². The number of halogens is 1. The molecule has 3 rings (SSSR count). The molecule has 3 aromatic rings. The van der Waals surface area contributed by atoms with Gasteiger partial charge in [-0.3, -0.25) is 14.7 Å². The number of H-pyrrole nitrogens is 1. The normalized spacial score (nSPS) is 11.1. The number of aromatic nitrogens is 3. The number of nitrogens with one attached hydrogen (secondary N) is 1. The first-order valence-corrected chi connectivity index (χ1v) is 8.26. The number of rotatable bonds is 4. The molecule has 2 heterocycles. The molecule has 0 fully saturated rings. The van der Waals surface area contributed by atoms with Crippen LogP contribution in [0.25, 0.3) is 16.8 Å². The Bertz CT molecular complexity index is 987. The molecule has 0 spiro atoms. The van der Waals surface area contributed by atoms with E-state index in [1.807, 2.05) is 31.2 Å². The van der Waals surface area contributed by atoms with Crippen LogP contribution in [0.2, 0.25) is 0 Å². The molecule has 0 aliphatic heterocycles. The number of carboxylic acids is 1. The first-order valence-electron chi connectivity index (χ1n) is 7.47. The predicted molar refractivity (Wildman–Crippen MR) is 94.4 cm³/mol. The summed E-state index contributed by atoms with van der Waals surface area (Å²) in [6.07, 6.45) is 0.0741. The van der Waals surface area contributed by atoms with Gasteiger partial charge in [0.1, 0.15) is 0 Å². The Morgan fingerprint density at radius 2 is 1.96 bits per heavy atom. The highest BCUT2D eigenvalue weighted by atomic mass is 79.9. The van der Waals surface area contributed by atoms with Gasteiger partial charge in [-0.1, -0.05) is 28.1 Å². The highest BCUT2D eigenvalue weighted by Gasteiger charge is 2.18. The van der Waals surface area contributed by atoms with E-state index < -0.39 is 5.97 Å². The number of aromatic amines is 1. The quantitative estimate of drug-likeness (QED) is 0.717. The van der Waals surface area contributed by atoms with Crippen LogP contribution in [-0.2, 0) is 11.2 Å². The van der Waals surface area contributed by atoms with Gasteiger partial charge in [0, 0.05) is 33.4 Å². The molecule has 2 aromatic heterocycles. The van der Waals surface area contributed by atoms with E-state index in [9.17, 15) is 9.59 Å². The van der Waals surface area contributed by atoms with Crippen LogP contribution in [0.4, 0.5) is 0 Å². The Kier molecular flexibility index (Phi) is 4.28. The zero-order chi connectivity index (χ0) is 17.4. The fourth-order valence-electron chi connectivity index (χ4n) is 2.81. The van der Waals surface area contributed by atoms with Gasteiger partial charge in [0.25, 0.3) is 5.56 Å². The minimum atomic E-state index is -0.933. The number of benzene rings is 1. The fourth-order valence-corrected chi connectivity index (χ4v) is 3.07. The minimum Gasteiger partial charge on any atom is -0.481 e. The number of hydrogen-bond donors (Lipinski definition) is 2. The maximum absolute atomic E-state index is 12.7. The van der Waals surface area contributed by atoms with Crippen molar-refractivity contribution in [2.75, 3.05) is 0 Å². The second-order valence-electron chi connectivity index (χ2n) is 5.65. The van der Waals surface area contributed by atoms with Crippen LogP contribution in [0, 0.1) is 13.8 Å². The van der Waals surface area contributed by atoms with Crippen molar-refractivity contribution in [3.8, 4) is 11.1 Å². The van der Waals surface area contributed by atoms with Crippen molar-refractivity contribution in [3.63, 3.8) is 0 Å². The van der Waals surface area contributed by atoms with E-state index >= 15 is 0 Å². The molecule has 0 aliphatic carbocycles. The molecular weight excluding hydrogens is 374 g/mol. The van der Waals surface area contributed by atoms with E-state index in [0.717, 1.165) is 21.3 Å². The number of aliphatic carboxylic acids is 1. The summed E-state index contributed by atoms with van der Waals surface area (Å²) in [6.45, 7) is 3.63. The average Bonchev–Trinajstić information content (AvgIpc) is 2.84. The van der Waals surface area contributed by atoms with Gasteiger partial charge in [-0.25, -0.2) is 9.50 Å². The number of carbonyl (C=O) groups is 1. The SMILES string of the molecule is Cc1nc2c(-c3ccc(Br)cc3)c(C)[nH]n2c(=O)c1CCC(=O)O. The lowest BCUT2D eigenvalue weighted by atomic mass is 10.1. The van der Waals surface area contributed by atoms with Gasteiger partial charge < -0.3 is 5.11 Å². The Balaban J connectivity index is 2.20. The van der Waals surface area contributed by atoms with E-state index in [1.165, 1.54) is 4.52 Å². The van der Waals surface area contributed by atoms with Gasteiger partial charge in [0.2, 0.25) is 0 Å². The fraction of sp³-hybridized carbons (Fsp3) is 0.235. The van der Waals surface area contributed by atoms with Gasteiger partial charge in [0.05, 0.1) is 0 Å². The summed E-state index contributed by atoms with van der Waals surface area (Å²) in [7, 11) is 0. The Hall–Kier alpha value is -2.41. The van der Waals surface area contributed by atoms with Crippen LogP contribution in [0.1, 0.15) is 23.4 Å². The number of fused-ring (bicyclic) bond motifs is 1. The molecule has 0 saturated heterocycles. The topological polar surface area (TPSA) is 87.5 Å². The Morgan fingerprint density at radius 3 is 2.58 bits per heavy atom. The summed E-state index contributed by atoms with van der Waals surface area (Å²) in [4.78, 5) is 28.1. The highest BCUT2D eigenvalue weighted by molar-refractivity contribution is 9.10. The molecule has 0 radical (unpaired) electrons. The van der Waals surface area contributed by atoms with Crippen molar-refractivity contribution in [1.82, 2.24) is 14.6 Å². The van der Waals surface area contributed by atoms with Crippen LogP contribution in [-0.4, -0.2) is 25.7 Å². The van der Waals surface area contributed by atoms with Crippen molar-refractivity contribution in [3.05, 3.63) is 56.0 Å². The van der Waals surface area contributed by atoms with Crippen molar-refractivity contribution in [2.45, 2.75) is 26.7 Å². The van der Waals surface area contributed by atoms with E-state index in [1.54, 1.807) is 6.92 Å². The van der Waals surface area contributed by atoms with Crippen LogP contribution < -0.4 is 5.56 Å². The van der Waals surface area contributed by atoms with Gasteiger partial charge in [-0.15, -0.1) is 0 Å². The Morgan fingerprint density at radius 1 is 1.29 bits per heavy atom. The number of hydrogen-bond acceptors (Lipinski definition) is 3.